The molecule has 186 valence electrons. The van der Waals surface area contributed by atoms with Crippen LogP contribution in [0, 0.1) is 6.92 Å². The first-order chi connectivity index (χ1) is 17.1. The minimum absolute atomic E-state index is 0.0252. The number of halogens is 1. The zero-order valence-electron chi connectivity index (χ0n) is 20.6. The lowest BCUT2D eigenvalue weighted by Crippen LogP contribution is -2.29. The number of anilines is 1. The molecule has 1 unspecified atom stereocenters. The lowest BCUT2D eigenvalue weighted by molar-refractivity contribution is -0.132. The minimum Gasteiger partial charge on any atom is -0.507 e. The fourth-order valence-corrected chi connectivity index (χ4v) is 4.60. The van der Waals surface area contributed by atoms with Crippen molar-refractivity contribution in [2.75, 3.05) is 11.5 Å². The number of phenolic OH excluding ortho intramolecular Hbond substituents is 1. The number of ether oxygens (including phenoxy) is 1. The maximum absolute atomic E-state index is 13.4. The second kappa shape index (κ2) is 10.2. The van der Waals surface area contributed by atoms with Gasteiger partial charge in [0.1, 0.15) is 5.76 Å². The highest BCUT2D eigenvalue weighted by Gasteiger charge is 2.47. The van der Waals surface area contributed by atoms with Crippen LogP contribution in [0.5, 0.6) is 11.5 Å². The van der Waals surface area contributed by atoms with E-state index in [1.165, 1.54) is 11.0 Å². The molecule has 0 saturated carbocycles. The fraction of sp³-hybridized carbons (Fsp3) is 0.241. The van der Waals surface area contributed by atoms with Gasteiger partial charge in [-0.25, -0.2) is 0 Å². The molecule has 1 atom stereocenters. The standard InChI is InChI=1S/C29H28BrNO5/c1-5-36-24-15-19(9-13-23(24)32)26-25(27(33)20-8-12-22(30)17(4)14-20)28(34)29(35)31(26)21-10-6-18(7-11-21)16(2)3/h6-16,26,32-33H,5H2,1-4H3/b27-25-. The molecule has 0 bridgehead atoms. The van der Waals surface area contributed by atoms with E-state index >= 15 is 0 Å². The van der Waals surface area contributed by atoms with Crippen molar-refractivity contribution in [3.63, 3.8) is 0 Å². The average molecular weight is 550 g/mol. The summed E-state index contributed by atoms with van der Waals surface area (Å²) in [5.74, 6) is -1.30. The maximum Gasteiger partial charge on any atom is 0.300 e. The molecule has 0 aromatic heterocycles. The Hall–Kier alpha value is -3.58. The molecule has 3 aromatic rings. The zero-order chi connectivity index (χ0) is 26.1. The number of hydrogen-bond donors (Lipinski definition) is 2. The first-order valence-corrected chi connectivity index (χ1v) is 12.6. The number of carbonyl (C=O) groups is 2. The zero-order valence-corrected chi connectivity index (χ0v) is 22.2. The predicted molar refractivity (Wildman–Crippen MR) is 143 cm³/mol. The van der Waals surface area contributed by atoms with Crippen LogP contribution in [-0.2, 0) is 9.59 Å². The van der Waals surface area contributed by atoms with Gasteiger partial charge in [-0.05, 0) is 72.9 Å². The van der Waals surface area contributed by atoms with Crippen LogP contribution in [0.4, 0.5) is 5.69 Å². The molecule has 6 nitrogen and oxygen atoms in total. The number of benzene rings is 3. The predicted octanol–water partition coefficient (Wildman–Crippen LogP) is 6.61. The number of nitrogens with zero attached hydrogens (tertiary/aromatic N) is 1. The van der Waals surface area contributed by atoms with E-state index in [0.717, 1.165) is 15.6 Å². The van der Waals surface area contributed by atoms with Crippen LogP contribution < -0.4 is 9.64 Å². The van der Waals surface area contributed by atoms with Crippen LogP contribution in [0.15, 0.2) is 70.7 Å². The van der Waals surface area contributed by atoms with Crippen molar-refractivity contribution in [3.8, 4) is 11.5 Å². The van der Waals surface area contributed by atoms with Gasteiger partial charge >= 0.3 is 0 Å². The van der Waals surface area contributed by atoms with E-state index in [1.54, 1.807) is 49.4 Å². The van der Waals surface area contributed by atoms with E-state index < -0.39 is 17.7 Å². The summed E-state index contributed by atoms with van der Waals surface area (Å²) in [6.45, 7) is 8.15. The van der Waals surface area contributed by atoms with Crippen molar-refractivity contribution in [2.45, 2.75) is 39.7 Å². The molecule has 0 radical (unpaired) electrons. The molecule has 2 N–H and O–H groups in total. The monoisotopic (exact) mass is 549 g/mol. The third kappa shape index (κ3) is 4.63. The summed E-state index contributed by atoms with van der Waals surface area (Å²) < 4.78 is 6.42. The number of phenols is 1. The molecule has 1 fully saturated rings. The van der Waals surface area contributed by atoms with Crippen LogP contribution in [0.25, 0.3) is 5.76 Å². The highest BCUT2D eigenvalue weighted by molar-refractivity contribution is 9.10. The Kier molecular flexibility index (Phi) is 7.22. The Labute approximate surface area is 219 Å². The number of ketones is 1. The van der Waals surface area contributed by atoms with Gasteiger partial charge in [-0.15, -0.1) is 0 Å². The summed E-state index contributed by atoms with van der Waals surface area (Å²) in [6, 6.07) is 16.5. The van der Waals surface area contributed by atoms with Gasteiger partial charge in [0, 0.05) is 15.7 Å². The number of carbonyl (C=O) groups excluding carboxylic acids is 2. The summed E-state index contributed by atoms with van der Waals surface area (Å²) in [7, 11) is 0. The SMILES string of the molecule is CCOc1cc(C2/C(=C(/O)c3ccc(Br)c(C)c3)C(=O)C(=O)N2c2ccc(C(C)C)cc2)ccc1O. The van der Waals surface area contributed by atoms with Crippen LogP contribution in [0.3, 0.4) is 0 Å². The van der Waals surface area contributed by atoms with E-state index in [2.05, 4.69) is 29.8 Å². The average Bonchev–Trinajstić information content (AvgIpc) is 3.12. The molecule has 1 saturated heterocycles. The van der Waals surface area contributed by atoms with Crippen molar-refractivity contribution in [3.05, 3.63) is 93.0 Å². The lowest BCUT2D eigenvalue weighted by atomic mass is 9.94. The fourth-order valence-electron chi connectivity index (χ4n) is 4.35. The van der Waals surface area contributed by atoms with Gasteiger partial charge in [-0.2, -0.15) is 0 Å². The number of aliphatic hydroxyl groups excluding tert-OH is 1. The van der Waals surface area contributed by atoms with E-state index in [-0.39, 0.29) is 22.8 Å². The molecular formula is C29H28BrNO5. The molecule has 1 amide bonds. The summed E-state index contributed by atoms with van der Waals surface area (Å²) in [6.07, 6.45) is 0. The second-order valence-electron chi connectivity index (χ2n) is 9.04. The molecule has 4 rings (SSSR count). The van der Waals surface area contributed by atoms with Crippen molar-refractivity contribution < 1.29 is 24.5 Å². The van der Waals surface area contributed by atoms with Gasteiger partial charge in [-0.3, -0.25) is 14.5 Å². The highest BCUT2D eigenvalue weighted by atomic mass is 79.9. The van der Waals surface area contributed by atoms with E-state index in [1.807, 2.05) is 19.1 Å². The highest BCUT2D eigenvalue weighted by Crippen LogP contribution is 2.44. The molecule has 0 spiro atoms. The van der Waals surface area contributed by atoms with E-state index in [0.29, 0.717) is 29.3 Å². The van der Waals surface area contributed by atoms with E-state index in [4.69, 9.17) is 4.74 Å². The molecule has 7 heteroatoms. The van der Waals surface area contributed by atoms with Crippen LogP contribution in [-0.4, -0.2) is 28.5 Å². The molecule has 0 aliphatic carbocycles. The topological polar surface area (TPSA) is 87.1 Å². The van der Waals surface area contributed by atoms with E-state index in [9.17, 15) is 19.8 Å². The molecular weight excluding hydrogens is 522 g/mol. The summed E-state index contributed by atoms with van der Waals surface area (Å²) in [4.78, 5) is 28.2. The van der Waals surface area contributed by atoms with Crippen LogP contribution in [0.1, 0.15) is 55.0 Å². The Bertz CT molecular complexity index is 1360. The third-order valence-electron chi connectivity index (χ3n) is 6.31. The maximum atomic E-state index is 13.4. The van der Waals surface area contributed by atoms with Crippen LogP contribution >= 0.6 is 15.9 Å². The molecule has 3 aromatic carbocycles. The van der Waals surface area contributed by atoms with Crippen molar-refractivity contribution in [1.82, 2.24) is 0 Å². The Morgan fingerprint density at radius 2 is 1.75 bits per heavy atom. The first kappa shape index (κ1) is 25.5. The van der Waals surface area contributed by atoms with Crippen LogP contribution in [0.2, 0.25) is 0 Å². The van der Waals surface area contributed by atoms with Crippen molar-refractivity contribution in [1.29, 1.82) is 0 Å². The van der Waals surface area contributed by atoms with Gasteiger partial charge in [0.25, 0.3) is 11.7 Å². The van der Waals surface area contributed by atoms with Gasteiger partial charge in [-0.1, -0.05) is 54.0 Å². The number of aromatic hydroxyl groups is 1. The minimum atomic E-state index is -0.918. The van der Waals surface area contributed by atoms with Crippen molar-refractivity contribution in [2.24, 2.45) is 0 Å². The largest absolute Gasteiger partial charge is 0.507 e. The quantitative estimate of drug-likeness (QED) is 0.205. The van der Waals surface area contributed by atoms with Gasteiger partial charge in [0.2, 0.25) is 0 Å². The summed E-state index contributed by atoms with van der Waals surface area (Å²) in [5, 5.41) is 21.6. The molecule has 1 aliphatic heterocycles. The smallest absolute Gasteiger partial charge is 0.300 e. The second-order valence-corrected chi connectivity index (χ2v) is 9.89. The third-order valence-corrected chi connectivity index (χ3v) is 7.20. The number of Topliss-reactive ketones (excluding diaryl/α,β-unsaturated/α-hetero) is 1. The van der Waals surface area contributed by atoms with Gasteiger partial charge < -0.3 is 14.9 Å². The first-order valence-electron chi connectivity index (χ1n) is 11.8. The number of amides is 1. The Morgan fingerprint density at radius 3 is 2.36 bits per heavy atom. The molecule has 1 aliphatic rings. The Morgan fingerprint density at radius 1 is 1.06 bits per heavy atom. The summed E-state index contributed by atoms with van der Waals surface area (Å²) in [5.41, 5.74) is 3.43. The number of aliphatic hydroxyl groups is 1. The normalized spacial score (nSPS) is 17.2. The number of rotatable bonds is 6. The van der Waals surface area contributed by atoms with Gasteiger partial charge in [0.15, 0.2) is 11.5 Å². The number of aryl methyl sites for hydroxylation is 1. The molecule has 36 heavy (non-hydrogen) atoms. The molecule has 1 heterocycles. The van der Waals surface area contributed by atoms with Crippen molar-refractivity contribution >= 4 is 39.1 Å². The lowest BCUT2D eigenvalue weighted by Gasteiger charge is -2.26. The summed E-state index contributed by atoms with van der Waals surface area (Å²) >= 11 is 3.45. The van der Waals surface area contributed by atoms with Gasteiger partial charge in [0.05, 0.1) is 18.2 Å². The number of hydrogen-bond acceptors (Lipinski definition) is 5. The Balaban J connectivity index is 1.94.